The molecule has 0 saturated heterocycles. The molecule has 5 nitrogen and oxygen atoms in total. The van der Waals surface area contributed by atoms with E-state index in [4.69, 9.17) is 4.52 Å². The maximum Gasteiger partial charge on any atom is 0.232 e. The van der Waals surface area contributed by atoms with Crippen LogP contribution in [0.15, 0.2) is 34.9 Å². The molecule has 0 aliphatic heterocycles. The lowest BCUT2D eigenvalue weighted by atomic mass is 9.97. The first-order chi connectivity index (χ1) is 10.4. The number of rotatable bonds is 6. The molecule has 1 unspecified atom stereocenters. The molecule has 1 aromatic carbocycles. The summed E-state index contributed by atoms with van der Waals surface area (Å²) in [7, 11) is 2.01. The summed E-state index contributed by atoms with van der Waals surface area (Å²) in [6.45, 7) is 6.87. The largest absolute Gasteiger partial charge is 0.396 e. The second kappa shape index (κ2) is 7.03. The van der Waals surface area contributed by atoms with Gasteiger partial charge in [0.1, 0.15) is 0 Å². The van der Waals surface area contributed by atoms with Crippen molar-refractivity contribution < 1.29 is 9.63 Å². The first kappa shape index (κ1) is 16.6. The fourth-order valence-electron chi connectivity index (χ4n) is 2.40. The van der Waals surface area contributed by atoms with Gasteiger partial charge in [0.15, 0.2) is 5.82 Å². The Balaban J connectivity index is 2.11. The molecule has 0 aliphatic carbocycles. The second-order valence-electron chi connectivity index (χ2n) is 6.62. The van der Waals surface area contributed by atoms with Crippen LogP contribution < -0.4 is 0 Å². The normalized spacial score (nSPS) is 13.5. The summed E-state index contributed by atoms with van der Waals surface area (Å²) in [4.78, 5) is 6.62. The van der Waals surface area contributed by atoms with Crippen molar-refractivity contribution in [3.05, 3.63) is 47.6 Å². The lowest BCUT2D eigenvalue weighted by Crippen LogP contribution is -2.25. The van der Waals surface area contributed by atoms with Gasteiger partial charge in [0.25, 0.3) is 0 Å². The number of nitrogens with zero attached hydrogens (tertiary/aromatic N) is 3. The second-order valence-corrected chi connectivity index (χ2v) is 6.62. The quantitative estimate of drug-likeness (QED) is 0.889. The van der Waals surface area contributed by atoms with Gasteiger partial charge in [-0.15, -0.1) is 0 Å². The van der Waals surface area contributed by atoms with Crippen LogP contribution >= 0.6 is 0 Å². The van der Waals surface area contributed by atoms with E-state index in [9.17, 15) is 5.11 Å². The molecule has 0 bridgehead atoms. The molecule has 1 heterocycles. The van der Waals surface area contributed by atoms with Crippen LogP contribution in [-0.4, -0.2) is 33.8 Å². The van der Waals surface area contributed by atoms with Crippen LogP contribution in [0.5, 0.6) is 0 Å². The maximum atomic E-state index is 9.35. The molecule has 0 spiro atoms. The van der Waals surface area contributed by atoms with Crippen molar-refractivity contribution in [1.82, 2.24) is 15.0 Å². The molecule has 0 aliphatic rings. The van der Waals surface area contributed by atoms with Crippen molar-refractivity contribution in [1.29, 1.82) is 0 Å². The van der Waals surface area contributed by atoms with Gasteiger partial charge in [-0.1, -0.05) is 56.3 Å². The number of hydrogen-bond donors (Lipinski definition) is 1. The first-order valence-electron chi connectivity index (χ1n) is 7.61. The smallest absolute Gasteiger partial charge is 0.232 e. The van der Waals surface area contributed by atoms with E-state index in [1.807, 2.05) is 46.0 Å². The summed E-state index contributed by atoms with van der Waals surface area (Å²) in [5, 5.41) is 13.4. The predicted molar refractivity (Wildman–Crippen MR) is 85.4 cm³/mol. The van der Waals surface area contributed by atoms with Crippen molar-refractivity contribution in [3.63, 3.8) is 0 Å². The number of hydrogen-bond acceptors (Lipinski definition) is 5. The Hall–Kier alpha value is -1.72. The monoisotopic (exact) mass is 303 g/mol. The molecular weight excluding hydrogens is 278 g/mol. The van der Waals surface area contributed by atoms with E-state index in [2.05, 4.69) is 27.2 Å². The van der Waals surface area contributed by atoms with Crippen LogP contribution in [0.4, 0.5) is 0 Å². The third-order valence-corrected chi connectivity index (χ3v) is 3.62. The van der Waals surface area contributed by atoms with Gasteiger partial charge >= 0.3 is 0 Å². The third-order valence-electron chi connectivity index (χ3n) is 3.62. The molecule has 1 atom stereocenters. The van der Waals surface area contributed by atoms with Gasteiger partial charge in [-0.25, -0.2) is 0 Å². The van der Waals surface area contributed by atoms with E-state index in [1.54, 1.807) is 0 Å². The summed E-state index contributed by atoms with van der Waals surface area (Å²) in [6, 6.07) is 10.3. The Morgan fingerprint density at radius 1 is 1.23 bits per heavy atom. The number of aromatic nitrogens is 2. The van der Waals surface area contributed by atoms with Crippen LogP contribution in [0.1, 0.15) is 50.5 Å². The lowest BCUT2D eigenvalue weighted by molar-refractivity contribution is 0.175. The molecule has 1 aromatic heterocycles. The first-order valence-corrected chi connectivity index (χ1v) is 7.61. The van der Waals surface area contributed by atoms with Gasteiger partial charge in [0, 0.05) is 18.1 Å². The molecule has 22 heavy (non-hydrogen) atoms. The maximum absolute atomic E-state index is 9.35. The topological polar surface area (TPSA) is 62.4 Å². The van der Waals surface area contributed by atoms with Crippen molar-refractivity contribution in [2.75, 3.05) is 13.7 Å². The van der Waals surface area contributed by atoms with Crippen molar-refractivity contribution in [2.45, 2.75) is 45.2 Å². The number of benzene rings is 1. The van der Waals surface area contributed by atoms with E-state index in [0.29, 0.717) is 24.7 Å². The van der Waals surface area contributed by atoms with E-state index < -0.39 is 0 Å². The minimum Gasteiger partial charge on any atom is -0.396 e. The van der Waals surface area contributed by atoms with Gasteiger partial charge in [-0.05, 0) is 19.0 Å². The van der Waals surface area contributed by atoms with E-state index in [-0.39, 0.29) is 18.1 Å². The van der Waals surface area contributed by atoms with E-state index in [1.165, 1.54) is 5.56 Å². The zero-order chi connectivity index (χ0) is 16.2. The summed E-state index contributed by atoms with van der Waals surface area (Å²) in [5.74, 6) is 1.32. The van der Waals surface area contributed by atoms with Crippen LogP contribution in [0.25, 0.3) is 0 Å². The van der Waals surface area contributed by atoms with Gasteiger partial charge in [0.2, 0.25) is 5.89 Å². The average molecular weight is 303 g/mol. The number of aliphatic hydroxyl groups is 1. The summed E-state index contributed by atoms with van der Waals surface area (Å²) in [6.07, 6.45) is 0.671. The highest BCUT2D eigenvalue weighted by atomic mass is 16.5. The molecule has 0 radical (unpaired) electrons. The molecule has 0 saturated carbocycles. The highest BCUT2D eigenvalue weighted by Gasteiger charge is 2.23. The molecule has 0 fully saturated rings. The zero-order valence-corrected chi connectivity index (χ0v) is 13.8. The standard InChI is InChI=1S/C17H25N3O2/c1-17(2,3)16-18-15(19-22-16)12-20(4)14(10-11-21)13-8-6-5-7-9-13/h5-9,14,21H,10-12H2,1-4H3. The van der Waals surface area contributed by atoms with Gasteiger partial charge in [-0.2, -0.15) is 4.98 Å². The van der Waals surface area contributed by atoms with Crippen LogP contribution in [0.2, 0.25) is 0 Å². The molecule has 5 heteroatoms. The minimum absolute atomic E-state index is 0.128. The Bertz CT molecular complexity index is 575. The Labute approximate surface area is 132 Å². The Morgan fingerprint density at radius 2 is 1.91 bits per heavy atom. The van der Waals surface area contributed by atoms with Crippen LogP contribution in [0.3, 0.4) is 0 Å². The zero-order valence-electron chi connectivity index (χ0n) is 13.8. The summed E-state index contributed by atoms with van der Waals surface area (Å²) >= 11 is 0. The van der Waals surface area contributed by atoms with E-state index in [0.717, 1.165) is 0 Å². The van der Waals surface area contributed by atoms with Crippen molar-refractivity contribution in [3.8, 4) is 0 Å². The highest BCUT2D eigenvalue weighted by molar-refractivity contribution is 5.19. The van der Waals surface area contributed by atoms with Crippen LogP contribution in [0, 0.1) is 0 Å². The van der Waals surface area contributed by atoms with Gasteiger partial charge in [0.05, 0.1) is 6.54 Å². The van der Waals surface area contributed by atoms with E-state index >= 15 is 0 Å². The molecule has 120 valence electrons. The lowest BCUT2D eigenvalue weighted by Gasteiger charge is -2.26. The highest BCUT2D eigenvalue weighted by Crippen LogP contribution is 2.25. The van der Waals surface area contributed by atoms with Gasteiger partial charge in [-0.3, -0.25) is 4.90 Å². The van der Waals surface area contributed by atoms with Gasteiger partial charge < -0.3 is 9.63 Å². The van der Waals surface area contributed by atoms with Crippen molar-refractivity contribution in [2.24, 2.45) is 0 Å². The molecule has 0 amide bonds. The molecule has 2 aromatic rings. The minimum atomic E-state index is -0.145. The third kappa shape index (κ3) is 4.15. The average Bonchev–Trinajstić information content (AvgIpc) is 2.94. The SMILES string of the molecule is CN(Cc1noc(C(C)(C)C)n1)C(CCO)c1ccccc1. The molecule has 2 rings (SSSR count). The Morgan fingerprint density at radius 3 is 2.45 bits per heavy atom. The van der Waals surface area contributed by atoms with Crippen LogP contribution in [-0.2, 0) is 12.0 Å². The predicted octanol–water partition coefficient (Wildman–Crippen LogP) is 2.92. The summed E-state index contributed by atoms with van der Waals surface area (Å²) < 4.78 is 5.34. The van der Waals surface area contributed by atoms with Crippen molar-refractivity contribution >= 4 is 0 Å². The summed E-state index contributed by atoms with van der Waals surface area (Å²) in [5.41, 5.74) is 1.03. The molecule has 1 N–H and O–H groups in total. The fraction of sp³-hybridized carbons (Fsp3) is 0.529. The number of aliphatic hydroxyl groups excluding tert-OH is 1. The fourth-order valence-corrected chi connectivity index (χ4v) is 2.40. The molecular formula is C17H25N3O2. The Kier molecular flexibility index (Phi) is 5.32.